The molecule has 35 heavy (non-hydrogen) atoms. The smallest absolute Gasteiger partial charge is 0.259 e. The van der Waals surface area contributed by atoms with E-state index >= 15 is 0 Å². The molecule has 1 saturated carbocycles. The molecule has 7 nitrogen and oxygen atoms in total. The fourth-order valence-electron chi connectivity index (χ4n) is 5.57. The topological polar surface area (TPSA) is 67.4 Å². The number of piperidine rings is 2. The lowest BCUT2D eigenvalue weighted by Gasteiger charge is -2.47. The lowest BCUT2D eigenvalue weighted by atomic mass is 9.71. The van der Waals surface area contributed by atoms with E-state index in [9.17, 15) is 4.79 Å². The normalized spacial score (nSPS) is 21.1. The van der Waals surface area contributed by atoms with E-state index in [-0.39, 0.29) is 5.91 Å². The zero-order valence-electron chi connectivity index (χ0n) is 21.8. The van der Waals surface area contributed by atoms with Crippen LogP contribution in [0.3, 0.4) is 0 Å². The molecule has 4 heterocycles. The number of hydrogen-bond donors (Lipinski definition) is 0. The van der Waals surface area contributed by atoms with E-state index in [0.717, 1.165) is 44.5 Å². The fraction of sp³-hybridized carbons (Fsp3) is 0.741. The first kappa shape index (κ1) is 24.8. The van der Waals surface area contributed by atoms with E-state index in [1.54, 1.807) is 4.68 Å². The second-order valence-electron chi connectivity index (χ2n) is 12.2. The van der Waals surface area contributed by atoms with Gasteiger partial charge in [-0.25, -0.2) is 0 Å². The molecule has 2 aromatic rings. The largest absolute Gasteiger partial charge is 0.360 e. The minimum absolute atomic E-state index is 0.0295. The van der Waals surface area contributed by atoms with Gasteiger partial charge >= 0.3 is 0 Å². The van der Waals surface area contributed by atoms with Gasteiger partial charge < -0.3 is 14.3 Å². The van der Waals surface area contributed by atoms with E-state index in [4.69, 9.17) is 16.1 Å². The first-order chi connectivity index (χ1) is 16.7. The lowest BCUT2D eigenvalue weighted by molar-refractivity contribution is 0.0283. The van der Waals surface area contributed by atoms with Crippen molar-refractivity contribution >= 4 is 17.5 Å². The number of rotatable bonds is 6. The van der Waals surface area contributed by atoms with Crippen LogP contribution < -0.4 is 0 Å². The summed E-state index contributed by atoms with van der Waals surface area (Å²) in [6.07, 6.45) is 8.12. The third kappa shape index (κ3) is 5.31. The number of halogens is 1. The molecule has 0 bridgehead atoms. The average molecular weight is 502 g/mol. The SMILES string of the molecule is CCn1nc(-c2cc(C3CC3)on2)c(C(=O)N2CCC3(CCN(CCC(C)(C)C)CC3)CC2)c1Cl. The Balaban J connectivity index is 1.25. The standard InChI is InChI=1S/C27H40ClN5O2/c1-5-33-24(28)22(23(29-33)20-18-21(35-30-20)19-6-7-19)25(34)32-16-11-27(12-17-32)9-14-31(15-10-27)13-8-26(2,3)4/h18-19H,5-17H2,1-4H3. The van der Waals surface area contributed by atoms with Gasteiger partial charge in [-0.3, -0.25) is 9.48 Å². The van der Waals surface area contributed by atoms with Crippen LogP contribution in [0.2, 0.25) is 5.15 Å². The quantitative estimate of drug-likeness (QED) is 0.497. The van der Waals surface area contributed by atoms with Crippen molar-refractivity contribution in [3.63, 3.8) is 0 Å². The Morgan fingerprint density at radius 2 is 1.80 bits per heavy atom. The van der Waals surface area contributed by atoms with Gasteiger partial charge in [0.05, 0.1) is 0 Å². The highest BCUT2D eigenvalue weighted by Crippen LogP contribution is 2.43. The first-order valence-electron chi connectivity index (χ1n) is 13.4. The van der Waals surface area contributed by atoms with E-state index in [2.05, 4.69) is 35.9 Å². The summed E-state index contributed by atoms with van der Waals surface area (Å²) in [5.74, 6) is 1.31. The van der Waals surface area contributed by atoms with Gasteiger partial charge in [-0.2, -0.15) is 5.10 Å². The van der Waals surface area contributed by atoms with Crippen LogP contribution in [0, 0.1) is 10.8 Å². The van der Waals surface area contributed by atoms with E-state index in [1.807, 2.05) is 17.9 Å². The van der Waals surface area contributed by atoms with Crippen LogP contribution >= 0.6 is 11.6 Å². The molecular weight excluding hydrogens is 462 g/mol. The van der Waals surface area contributed by atoms with Crippen LogP contribution in [0.25, 0.3) is 11.4 Å². The lowest BCUT2D eigenvalue weighted by Crippen LogP contribution is -2.48. The average Bonchev–Trinajstić information content (AvgIpc) is 3.47. The van der Waals surface area contributed by atoms with Crippen molar-refractivity contribution in [2.45, 2.75) is 85.1 Å². The summed E-state index contributed by atoms with van der Waals surface area (Å²) in [7, 11) is 0. The minimum atomic E-state index is -0.0295. The van der Waals surface area contributed by atoms with Crippen LogP contribution in [-0.2, 0) is 6.54 Å². The molecule has 0 N–H and O–H groups in total. The molecule has 0 atom stereocenters. The van der Waals surface area contributed by atoms with Crippen molar-refractivity contribution in [1.82, 2.24) is 24.7 Å². The van der Waals surface area contributed by atoms with Crippen molar-refractivity contribution in [3.8, 4) is 11.4 Å². The zero-order chi connectivity index (χ0) is 24.8. The Morgan fingerprint density at radius 3 is 2.40 bits per heavy atom. The maximum atomic E-state index is 13.7. The van der Waals surface area contributed by atoms with Crippen molar-refractivity contribution in [2.24, 2.45) is 10.8 Å². The Labute approximate surface area is 214 Å². The van der Waals surface area contributed by atoms with Crippen molar-refractivity contribution in [3.05, 3.63) is 22.5 Å². The summed E-state index contributed by atoms with van der Waals surface area (Å²) in [4.78, 5) is 18.3. The molecule has 3 fully saturated rings. The number of amides is 1. The van der Waals surface area contributed by atoms with Crippen molar-refractivity contribution < 1.29 is 9.32 Å². The molecule has 192 valence electrons. The molecule has 1 spiro atoms. The number of aryl methyl sites for hydroxylation is 1. The number of aromatic nitrogens is 3. The van der Waals surface area contributed by atoms with Gasteiger partial charge in [0.2, 0.25) is 0 Å². The number of carbonyl (C=O) groups excluding carboxylic acids is 1. The van der Waals surface area contributed by atoms with Crippen LogP contribution in [0.4, 0.5) is 0 Å². The molecular formula is C27H40ClN5O2. The summed E-state index contributed by atoms with van der Waals surface area (Å²) in [6.45, 7) is 14.6. The number of likely N-dealkylation sites (tertiary alicyclic amines) is 2. The van der Waals surface area contributed by atoms with Gasteiger partial charge in [0, 0.05) is 31.6 Å². The highest BCUT2D eigenvalue weighted by molar-refractivity contribution is 6.33. The number of nitrogens with zero attached hydrogens (tertiary/aromatic N) is 5. The van der Waals surface area contributed by atoms with Gasteiger partial charge in [-0.1, -0.05) is 37.5 Å². The summed E-state index contributed by atoms with van der Waals surface area (Å²) >= 11 is 6.68. The summed E-state index contributed by atoms with van der Waals surface area (Å²) < 4.78 is 7.24. The first-order valence-corrected chi connectivity index (χ1v) is 13.8. The molecule has 1 aliphatic carbocycles. The molecule has 2 aliphatic heterocycles. The summed E-state index contributed by atoms with van der Waals surface area (Å²) in [5.41, 5.74) is 2.39. The molecule has 8 heteroatoms. The third-order valence-electron chi connectivity index (χ3n) is 8.36. The molecule has 2 aromatic heterocycles. The third-order valence-corrected chi connectivity index (χ3v) is 8.74. The maximum absolute atomic E-state index is 13.7. The molecule has 0 aromatic carbocycles. The molecule has 5 rings (SSSR count). The molecule has 2 saturated heterocycles. The predicted molar refractivity (Wildman–Crippen MR) is 138 cm³/mol. The number of carbonyl (C=O) groups is 1. The summed E-state index contributed by atoms with van der Waals surface area (Å²) in [5, 5.41) is 9.29. The van der Waals surface area contributed by atoms with Gasteiger partial charge in [0.15, 0.2) is 0 Å². The van der Waals surface area contributed by atoms with Gasteiger partial charge in [-0.05, 0) is 82.3 Å². The minimum Gasteiger partial charge on any atom is -0.360 e. The Bertz CT molecular complexity index is 1050. The predicted octanol–water partition coefficient (Wildman–Crippen LogP) is 5.84. The summed E-state index contributed by atoms with van der Waals surface area (Å²) in [6, 6.07) is 1.94. The van der Waals surface area contributed by atoms with Crippen molar-refractivity contribution in [2.75, 3.05) is 32.7 Å². The molecule has 3 aliphatic rings. The molecule has 0 unspecified atom stereocenters. The maximum Gasteiger partial charge on any atom is 0.259 e. The Morgan fingerprint density at radius 1 is 1.14 bits per heavy atom. The van der Waals surface area contributed by atoms with E-state index < -0.39 is 0 Å². The van der Waals surface area contributed by atoms with E-state index in [1.165, 1.54) is 38.9 Å². The Kier molecular flexibility index (Phi) is 6.77. The van der Waals surface area contributed by atoms with Crippen LogP contribution in [0.15, 0.2) is 10.6 Å². The monoisotopic (exact) mass is 501 g/mol. The van der Waals surface area contributed by atoms with Crippen LogP contribution in [0.5, 0.6) is 0 Å². The van der Waals surface area contributed by atoms with Gasteiger partial charge in [-0.15, -0.1) is 0 Å². The van der Waals surface area contributed by atoms with Crippen LogP contribution in [0.1, 0.15) is 94.7 Å². The Hall–Kier alpha value is -1.86. The number of hydrogen-bond acceptors (Lipinski definition) is 5. The van der Waals surface area contributed by atoms with Gasteiger partial charge in [0.25, 0.3) is 5.91 Å². The highest BCUT2D eigenvalue weighted by Gasteiger charge is 2.40. The highest BCUT2D eigenvalue weighted by atomic mass is 35.5. The van der Waals surface area contributed by atoms with Gasteiger partial charge in [0.1, 0.15) is 27.9 Å². The molecule has 1 amide bonds. The van der Waals surface area contributed by atoms with Crippen molar-refractivity contribution in [1.29, 1.82) is 0 Å². The zero-order valence-corrected chi connectivity index (χ0v) is 22.5. The second-order valence-corrected chi connectivity index (χ2v) is 12.5. The fourth-order valence-corrected chi connectivity index (χ4v) is 5.90. The van der Waals surface area contributed by atoms with Crippen LogP contribution in [-0.4, -0.2) is 63.4 Å². The second kappa shape index (κ2) is 9.55. The molecule has 0 radical (unpaired) electrons. The van der Waals surface area contributed by atoms with E-state index in [0.29, 0.717) is 45.4 Å².